The van der Waals surface area contributed by atoms with Crippen LogP contribution >= 0.6 is 23.2 Å². The number of amides is 2. The van der Waals surface area contributed by atoms with Gasteiger partial charge in [-0.25, -0.2) is 14.3 Å². The Hall–Kier alpha value is -4.42. The maximum Gasteiger partial charge on any atom is 0.416 e. The van der Waals surface area contributed by atoms with Crippen LogP contribution in [0.3, 0.4) is 0 Å². The summed E-state index contributed by atoms with van der Waals surface area (Å²) in [6.45, 7) is 1.80. The lowest BCUT2D eigenvalue weighted by Crippen LogP contribution is -2.29. The van der Waals surface area contributed by atoms with E-state index in [1.165, 1.54) is 30.6 Å². The third-order valence-electron chi connectivity index (χ3n) is 5.61. The van der Waals surface area contributed by atoms with E-state index in [0.29, 0.717) is 11.6 Å². The van der Waals surface area contributed by atoms with Gasteiger partial charge in [0.1, 0.15) is 5.69 Å². The molecule has 0 bridgehead atoms. The molecule has 14 heteroatoms. The van der Waals surface area contributed by atoms with Gasteiger partial charge in [0.25, 0.3) is 5.56 Å². The standard InChI is InChI=1S/C26H18Cl2F3N5O4/c1-2-36-23(37)21(33-25(40)34-22-18(27)11-32-12-19(22)28)10-20(35-36)14-5-3-4-13(6-14)15-7-16(24(38)39)9-17(8-15)26(29,30)31/h3-12H,2H2,1H3,(H,38,39)(H2,32,33,34,40). The first kappa shape index (κ1) is 28.6. The lowest BCUT2D eigenvalue weighted by molar-refractivity contribution is -0.137. The second kappa shape index (κ2) is 11.4. The number of halogens is 5. The van der Waals surface area contributed by atoms with Crippen LogP contribution in [-0.2, 0) is 12.7 Å². The number of rotatable bonds is 6. The van der Waals surface area contributed by atoms with Crippen LogP contribution in [0, 0.1) is 0 Å². The summed E-state index contributed by atoms with van der Waals surface area (Å²) in [5.41, 5.74) is -1.44. The molecule has 0 saturated heterocycles. The van der Waals surface area contributed by atoms with Crippen LogP contribution in [-0.4, -0.2) is 31.9 Å². The van der Waals surface area contributed by atoms with E-state index in [4.69, 9.17) is 23.2 Å². The average Bonchev–Trinajstić information content (AvgIpc) is 2.91. The molecule has 2 aromatic carbocycles. The molecule has 0 saturated carbocycles. The number of hydrogen-bond acceptors (Lipinski definition) is 5. The molecular weight excluding hydrogens is 574 g/mol. The average molecular weight is 592 g/mol. The van der Waals surface area contributed by atoms with Crippen molar-refractivity contribution in [1.29, 1.82) is 0 Å². The highest BCUT2D eigenvalue weighted by molar-refractivity contribution is 6.39. The minimum Gasteiger partial charge on any atom is -0.478 e. The number of nitrogens with zero attached hydrogens (tertiary/aromatic N) is 3. The summed E-state index contributed by atoms with van der Waals surface area (Å²) >= 11 is 12.1. The van der Waals surface area contributed by atoms with Crippen molar-refractivity contribution in [2.75, 3.05) is 10.6 Å². The Kier molecular flexibility index (Phi) is 8.12. The van der Waals surface area contributed by atoms with Gasteiger partial charge in [-0.3, -0.25) is 9.78 Å². The van der Waals surface area contributed by atoms with Crippen LogP contribution in [0.2, 0.25) is 10.0 Å². The first-order valence-corrected chi connectivity index (χ1v) is 12.2. The van der Waals surface area contributed by atoms with Gasteiger partial charge in [-0.1, -0.05) is 41.4 Å². The van der Waals surface area contributed by atoms with Crippen molar-refractivity contribution in [3.05, 3.63) is 92.5 Å². The molecule has 2 amide bonds. The topological polar surface area (TPSA) is 126 Å². The Labute approximate surface area is 234 Å². The van der Waals surface area contributed by atoms with Crippen molar-refractivity contribution in [2.45, 2.75) is 19.6 Å². The number of carbonyl (C=O) groups excluding carboxylic acids is 1. The third-order valence-corrected chi connectivity index (χ3v) is 6.19. The quantitative estimate of drug-likeness (QED) is 0.230. The number of carbonyl (C=O) groups is 2. The second-order valence-corrected chi connectivity index (χ2v) is 9.12. The van der Waals surface area contributed by atoms with Gasteiger partial charge in [-0.05, 0) is 48.4 Å². The Morgan fingerprint density at radius 3 is 2.27 bits per heavy atom. The zero-order chi connectivity index (χ0) is 29.2. The first-order valence-electron chi connectivity index (χ1n) is 11.4. The molecule has 9 nitrogen and oxygen atoms in total. The first-order chi connectivity index (χ1) is 18.9. The fraction of sp³-hybridized carbons (Fsp3) is 0.115. The molecule has 4 aromatic rings. The van der Waals surface area contributed by atoms with Crippen molar-refractivity contribution in [1.82, 2.24) is 14.8 Å². The normalized spacial score (nSPS) is 11.2. The minimum absolute atomic E-state index is 0.0155. The smallest absolute Gasteiger partial charge is 0.416 e. The van der Waals surface area contributed by atoms with Gasteiger partial charge in [0.2, 0.25) is 0 Å². The van der Waals surface area contributed by atoms with Crippen molar-refractivity contribution in [3.8, 4) is 22.4 Å². The number of hydrogen-bond donors (Lipinski definition) is 3. The molecule has 4 rings (SSSR count). The third kappa shape index (κ3) is 6.24. The number of aryl methyl sites for hydroxylation is 1. The summed E-state index contributed by atoms with van der Waals surface area (Å²) in [5.74, 6) is -1.51. The fourth-order valence-corrected chi connectivity index (χ4v) is 4.18. The van der Waals surface area contributed by atoms with Crippen LogP contribution < -0.4 is 16.2 Å². The zero-order valence-electron chi connectivity index (χ0n) is 20.4. The maximum absolute atomic E-state index is 13.4. The van der Waals surface area contributed by atoms with E-state index < -0.39 is 34.9 Å². The molecule has 3 N–H and O–H groups in total. The monoisotopic (exact) mass is 591 g/mol. The molecule has 0 aliphatic rings. The fourth-order valence-electron chi connectivity index (χ4n) is 3.72. The summed E-state index contributed by atoms with van der Waals surface area (Å²) < 4.78 is 41.4. The largest absolute Gasteiger partial charge is 0.478 e. The van der Waals surface area contributed by atoms with Gasteiger partial charge in [0, 0.05) is 24.5 Å². The lowest BCUT2D eigenvalue weighted by Gasteiger charge is -2.14. The Morgan fingerprint density at radius 2 is 1.65 bits per heavy atom. The van der Waals surface area contributed by atoms with Crippen molar-refractivity contribution < 1.29 is 27.9 Å². The van der Waals surface area contributed by atoms with Gasteiger partial charge in [-0.2, -0.15) is 18.3 Å². The van der Waals surface area contributed by atoms with E-state index >= 15 is 0 Å². The van der Waals surface area contributed by atoms with Crippen LogP contribution in [0.25, 0.3) is 22.4 Å². The lowest BCUT2D eigenvalue weighted by atomic mass is 9.97. The summed E-state index contributed by atoms with van der Waals surface area (Å²) in [6, 6.07) is 9.16. The molecular formula is C26H18Cl2F3N5O4. The molecule has 0 unspecified atom stereocenters. The van der Waals surface area contributed by atoms with Gasteiger partial charge in [-0.15, -0.1) is 0 Å². The molecule has 0 fully saturated rings. The van der Waals surface area contributed by atoms with E-state index in [1.54, 1.807) is 19.1 Å². The molecule has 0 atom stereocenters. The minimum atomic E-state index is -4.76. The van der Waals surface area contributed by atoms with Gasteiger partial charge in [0.05, 0.1) is 32.6 Å². The Morgan fingerprint density at radius 1 is 0.975 bits per heavy atom. The predicted molar refractivity (Wildman–Crippen MR) is 144 cm³/mol. The number of benzene rings is 2. The molecule has 0 aliphatic carbocycles. The summed E-state index contributed by atoms with van der Waals surface area (Å²) in [7, 11) is 0. The number of nitrogens with one attached hydrogen (secondary N) is 2. The molecule has 2 aromatic heterocycles. The molecule has 0 spiro atoms. The highest BCUT2D eigenvalue weighted by Crippen LogP contribution is 2.35. The number of aromatic carboxylic acids is 1. The number of aromatic nitrogens is 3. The van der Waals surface area contributed by atoms with E-state index in [-0.39, 0.29) is 44.8 Å². The number of carboxylic acid groups (broad SMARTS) is 1. The van der Waals surface area contributed by atoms with Crippen molar-refractivity contribution in [3.63, 3.8) is 0 Å². The van der Waals surface area contributed by atoms with Gasteiger partial charge < -0.3 is 15.7 Å². The highest BCUT2D eigenvalue weighted by Gasteiger charge is 2.32. The summed E-state index contributed by atoms with van der Waals surface area (Å²) in [5, 5.41) is 18.6. The second-order valence-electron chi connectivity index (χ2n) is 8.30. The van der Waals surface area contributed by atoms with E-state index in [0.717, 1.165) is 16.8 Å². The molecule has 40 heavy (non-hydrogen) atoms. The maximum atomic E-state index is 13.4. The predicted octanol–water partition coefficient (Wildman–Crippen LogP) is 6.66. The molecule has 0 radical (unpaired) electrons. The number of carboxylic acids is 1. The van der Waals surface area contributed by atoms with Crippen LogP contribution in [0.5, 0.6) is 0 Å². The zero-order valence-corrected chi connectivity index (χ0v) is 21.9. The molecule has 2 heterocycles. The number of alkyl halides is 3. The van der Waals surface area contributed by atoms with E-state index in [2.05, 4.69) is 20.7 Å². The summed E-state index contributed by atoms with van der Waals surface area (Å²) in [4.78, 5) is 40.8. The summed E-state index contributed by atoms with van der Waals surface area (Å²) in [6.07, 6.45) is -2.22. The van der Waals surface area contributed by atoms with E-state index in [1.807, 2.05) is 0 Å². The van der Waals surface area contributed by atoms with E-state index in [9.17, 15) is 32.7 Å². The Bertz CT molecular complexity index is 1670. The van der Waals surface area contributed by atoms with Crippen LogP contribution in [0.1, 0.15) is 22.8 Å². The van der Waals surface area contributed by atoms with Gasteiger partial charge in [0.15, 0.2) is 0 Å². The Balaban J connectivity index is 1.73. The number of pyridine rings is 1. The van der Waals surface area contributed by atoms with Crippen LogP contribution in [0.15, 0.2) is 65.7 Å². The van der Waals surface area contributed by atoms with Crippen molar-refractivity contribution in [2.24, 2.45) is 0 Å². The SMILES string of the molecule is CCn1nc(-c2cccc(-c3cc(C(=O)O)cc(C(F)(F)F)c3)c2)cc(NC(=O)Nc2c(Cl)cncc2Cl)c1=O. The van der Waals surface area contributed by atoms with Crippen LogP contribution in [0.4, 0.5) is 29.3 Å². The van der Waals surface area contributed by atoms with Gasteiger partial charge >= 0.3 is 18.2 Å². The van der Waals surface area contributed by atoms with Crippen molar-refractivity contribution >= 4 is 46.6 Å². The molecule has 206 valence electrons. The highest BCUT2D eigenvalue weighted by atomic mass is 35.5. The number of anilines is 2. The molecule has 0 aliphatic heterocycles. The number of urea groups is 1.